The second-order valence-electron chi connectivity index (χ2n) is 6.94. The minimum Gasteiger partial charge on any atom is -0.344 e. The fourth-order valence-electron chi connectivity index (χ4n) is 3.63. The van der Waals surface area contributed by atoms with Crippen LogP contribution in [0, 0.1) is 0 Å². The summed E-state index contributed by atoms with van der Waals surface area (Å²) in [4.78, 5) is 41.7. The molecule has 0 bridgehead atoms. The summed E-state index contributed by atoms with van der Waals surface area (Å²) in [7, 11) is 1.76. The molecule has 0 spiro atoms. The van der Waals surface area contributed by atoms with Gasteiger partial charge in [-0.05, 0) is 32.1 Å². The van der Waals surface area contributed by atoms with E-state index in [1.165, 1.54) is 0 Å². The molecule has 3 fully saturated rings. The van der Waals surface area contributed by atoms with Gasteiger partial charge in [-0.25, -0.2) is 4.79 Å². The predicted octanol–water partition coefficient (Wildman–Crippen LogP) is 0.402. The normalized spacial score (nSPS) is 27.5. The zero-order valence-corrected chi connectivity index (χ0v) is 14.0. The Hall–Kier alpha value is -1.79. The van der Waals surface area contributed by atoms with Crippen molar-refractivity contribution in [3.63, 3.8) is 0 Å². The molecule has 128 valence electrons. The van der Waals surface area contributed by atoms with E-state index < -0.39 is 6.04 Å². The van der Waals surface area contributed by atoms with Gasteiger partial charge < -0.3 is 20.0 Å². The first-order valence-corrected chi connectivity index (χ1v) is 8.56. The molecule has 1 saturated carbocycles. The van der Waals surface area contributed by atoms with Crippen molar-refractivity contribution in [2.75, 3.05) is 26.7 Å². The summed E-state index contributed by atoms with van der Waals surface area (Å²) in [6.07, 6.45) is 4.68. The van der Waals surface area contributed by atoms with Crippen molar-refractivity contribution in [3.8, 4) is 0 Å². The van der Waals surface area contributed by atoms with Crippen molar-refractivity contribution in [2.24, 2.45) is 0 Å². The number of amides is 4. The first kappa shape index (κ1) is 16.1. The molecule has 0 unspecified atom stereocenters. The molecule has 3 rings (SSSR count). The molecule has 2 saturated heterocycles. The van der Waals surface area contributed by atoms with Crippen molar-refractivity contribution < 1.29 is 14.4 Å². The van der Waals surface area contributed by atoms with Crippen LogP contribution in [0.5, 0.6) is 0 Å². The number of likely N-dealkylation sites (tertiary alicyclic amines) is 2. The predicted molar refractivity (Wildman–Crippen MR) is 84.7 cm³/mol. The van der Waals surface area contributed by atoms with Crippen LogP contribution in [0.1, 0.15) is 39.0 Å². The maximum absolute atomic E-state index is 12.5. The molecular weight excluding hydrogens is 296 g/mol. The molecule has 0 aromatic carbocycles. The number of carbonyl (C=O) groups is 3. The Balaban J connectivity index is 1.58. The van der Waals surface area contributed by atoms with E-state index in [9.17, 15) is 14.4 Å². The maximum atomic E-state index is 12.5. The standard InChI is InChI=1S/C16H26N4O3/c1-11(21)20(12-5-6-12)10-13-4-3-8-19(13)16(23)17-14-7-9-18(2)15(14)22/h12-14H,3-10H2,1-2H3,(H,17,23)/t13-,14-/m1/s1. The molecule has 2 heterocycles. The summed E-state index contributed by atoms with van der Waals surface area (Å²) in [5, 5.41) is 2.87. The molecule has 3 aliphatic rings. The van der Waals surface area contributed by atoms with E-state index in [-0.39, 0.29) is 23.9 Å². The monoisotopic (exact) mass is 322 g/mol. The van der Waals surface area contributed by atoms with Gasteiger partial charge in [0, 0.05) is 39.6 Å². The lowest BCUT2D eigenvalue weighted by Gasteiger charge is -2.31. The summed E-state index contributed by atoms with van der Waals surface area (Å²) in [6.45, 7) is 3.60. The van der Waals surface area contributed by atoms with E-state index in [0.717, 1.165) is 25.7 Å². The number of carbonyl (C=O) groups excluding carboxylic acids is 3. The Morgan fingerprint density at radius 3 is 2.52 bits per heavy atom. The van der Waals surface area contributed by atoms with Crippen LogP contribution in [0.3, 0.4) is 0 Å². The smallest absolute Gasteiger partial charge is 0.318 e. The summed E-state index contributed by atoms with van der Waals surface area (Å²) >= 11 is 0. The summed E-state index contributed by atoms with van der Waals surface area (Å²) in [6, 6.07) is -0.140. The van der Waals surface area contributed by atoms with Gasteiger partial charge in [-0.3, -0.25) is 9.59 Å². The van der Waals surface area contributed by atoms with Gasteiger partial charge in [-0.15, -0.1) is 0 Å². The quantitative estimate of drug-likeness (QED) is 0.814. The molecule has 0 radical (unpaired) electrons. The lowest BCUT2D eigenvalue weighted by Crippen LogP contribution is -2.52. The molecule has 0 aromatic heterocycles. The number of hydrogen-bond acceptors (Lipinski definition) is 3. The van der Waals surface area contributed by atoms with Gasteiger partial charge in [0.25, 0.3) is 0 Å². The van der Waals surface area contributed by atoms with Gasteiger partial charge in [0.15, 0.2) is 0 Å². The molecule has 4 amide bonds. The van der Waals surface area contributed by atoms with Crippen LogP contribution in [-0.4, -0.2) is 77.4 Å². The van der Waals surface area contributed by atoms with Gasteiger partial charge in [-0.2, -0.15) is 0 Å². The van der Waals surface area contributed by atoms with E-state index in [4.69, 9.17) is 0 Å². The van der Waals surface area contributed by atoms with E-state index in [1.807, 2.05) is 9.80 Å². The Morgan fingerprint density at radius 2 is 1.96 bits per heavy atom. The third kappa shape index (κ3) is 3.43. The van der Waals surface area contributed by atoms with Crippen LogP contribution in [0.15, 0.2) is 0 Å². The third-order valence-electron chi connectivity index (χ3n) is 5.16. The Bertz CT molecular complexity index is 506. The zero-order chi connectivity index (χ0) is 16.6. The van der Waals surface area contributed by atoms with Crippen molar-refractivity contribution in [3.05, 3.63) is 0 Å². The second kappa shape index (κ2) is 6.37. The van der Waals surface area contributed by atoms with Crippen molar-refractivity contribution in [1.82, 2.24) is 20.0 Å². The fraction of sp³-hybridized carbons (Fsp3) is 0.812. The highest BCUT2D eigenvalue weighted by molar-refractivity contribution is 5.88. The van der Waals surface area contributed by atoms with Gasteiger partial charge in [0.05, 0.1) is 6.04 Å². The number of nitrogens with zero attached hydrogens (tertiary/aromatic N) is 3. The number of likely N-dealkylation sites (N-methyl/N-ethyl adjacent to an activating group) is 1. The van der Waals surface area contributed by atoms with Crippen LogP contribution in [0.2, 0.25) is 0 Å². The minimum atomic E-state index is -0.402. The second-order valence-corrected chi connectivity index (χ2v) is 6.94. The first-order chi connectivity index (χ1) is 11.0. The highest BCUT2D eigenvalue weighted by Crippen LogP contribution is 2.29. The van der Waals surface area contributed by atoms with E-state index >= 15 is 0 Å². The summed E-state index contributed by atoms with van der Waals surface area (Å²) in [5.74, 6) is 0.0739. The van der Waals surface area contributed by atoms with Gasteiger partial charge >= 0.3 is 6.03 Å². The third-order valence-corrected chi connectivity index (χ3v) is 5.16. The molecule has 23 heavy (non-hydrogen) atoms. The summed E-state index contributed by atoms with van der Waals surface area (Å²) < 4.78 is 0. The fourth-order valence-corrected chi connectivity index (χ4v) is 3.63. The first-order valence-electron chi connectivity index (χ1n) is 8.56. The molecule has 2 aliphatic heterocycles. The number of rotatable bonds is 4. The lowest BCUT2D eigenvalue weighted by atomic mass is 10.2. The van der Waals surface area contributed by atoms with Crippen LogP contribution < -0.4 is 5.32 Å². The van der Waals surface area contributed by atoms with Gasteiger partial charge in [0.2, 0.25) is 11.8 Å². The Labute approximate surface area is 137 Å². The van der Waals surface area contributed by atoms with Crippen molar-refractivity contribution in [1.29, 1.82) is 0 Å². The van der Waals surface area contributed by atoms with E-state index in [2.05, 4.69) is 5.32 Å². The highest BCUT2D eigenvalue weighted by Gasteiger charge is 2.38. The molecule has 7 heteroatoms. The van der Waals surface area contributed by atoms with Gasteiger partial charge in [0.1, 0.15) is 6.04 Å². The highest BCUT2D eigenvalue weighted by atomic mass is 16.2. The SMILES string of the molecule is CC(=O)N(C[C@H]1CCCN1C(=O)N[C@@H]1CCN(C)C1=O)C1CC1. The van der Waals surface area contributed by atoms with Crippen LogP contribution in [0.25, 0.3) is 0 Å². The number of hydrogen-bond donors (Lipinski definition) is 1. The topological polar surface area (TPSA) is 73.0 Å². The molecule has 1 N–H and O–H groups in total. The number of nitrogens with one attached hydrogen (secondary N) is 1. The Kier molecular flexibility index (Phi) is 4.46. The molecule has 2 atom stereocenters. The van der Waals surface area contributed by atoms with Crippen LogP contribution in [-0.2, 0) is 9.59 Å². The van der Waals surface area contributed by atoms with Crippen molar-refractivity contribution in [2.45, 2.75) is 57.2 Å². The summed E-state index contributed by atoms with van der Waals surface area (Å²) in [5.41, 5.74) is 0. The largest absolute Gasteiger partial charge is 0.344 e. The number of urea groups is 1. The average molecular weight is 322 g/mol. The average Bonchev–Trinajstić information content (AvgIpc) is 3.16. The lowest BCUT2D eigenvalue weighted by molar-refractivity contribution is -0.130. The maximum Gasteiger partial charge on any atom is 0.318 e. The van der Waals surface area contributed by atoms with E-state index in [0.29, 0.717) is 32.1 Å². The van der Waals surface area contributed by atoms with E-state index in [1.54, 1.807) is 18.9 Å². The zero-order valence-electron chi connectivity index (χ0n) is 14.0. The van der Waals surface area contributed by atoms with Crippen molar-refractivity contribution >= 4 is 17.8 Å². The molecule has 0 aromatic rings. The van der Waals surface area contributed by atoms with Crippen LogP contribution >= 0.6 is 0 Å². The molecule has 7 nitrogen and oxygen atoms in total. The minimum absolute atomic E-state index is 0.0163. The molecular formula is C16H26N4O3. The molecule has 1 aliphatic carbocycles. The Morgan fingerprint density at radius 1 is 1.22 bits per heavy atom. The van der Waals surface area contributed by atoms with Crippen LogP contribution in [0.4, 0.5) is 4.79 Å². The van der Waals surface area contributed by atoms with Gasteiger partial charge in [-0.1, -0.05) is 0 Å².